The zero-order valence-corrected chi connectivity index (χ0v) is 43.6. The van der Waals surface area contributed by atoms with Gasteiger partial charge in [-0.25, -0.2) is 0 Å². The summed E-state index contributed by atoms with van der Waals surface area (Å²) in [6.45, 7) is 17.0. The van der Waals surface area contributed by atoms with Gasteiger partial charge < -0.3 is 19.6 Å². The van der Waals surface area contributed by atoms with Gasteiger partial charge in [0.05, 0.1) is 0 Å². The van der Waals surface area contributed by atoms with E-state index in [1.54, 1.807) is 0 Å². The summed E-state index contributed by atoms with van der Waals surface area (Å²) in [5.74, 6) is -0.111. The van der Waals surface area contributed by atoms with Gasteiger partial charge >= 0.3 is 0 Å². The van der Waals surface area contributed by atoms with Gasteiger partial charge in [-0.05, 0) is 233 Å². The lowest BCUT2D eigenvalue weighted by molar-refractivity contribution is 0.103. The van der Waals surface area contributed by atoms with Crippen LogP contribution in [0.2, 0.25) is 0 Å². The molecule has 5 heteroatoms. The minimum Gasteiger partial charge on any atom is -0.310 e. The number of benzene rings is 10. The Balaban J connectivity index is 1.27. The molecule has 0 aliphatic rings. The molecule has 364 valence electrons. The second-order valence-electron chi connectivity index (χ2n) is 19.9. The molecule has 0 atom stereocenters. The zero-order chi connectivity index (χ0) is 51.5. The summed E-state index contributed by atoms with van der Waals surface area (Å²) < 4.78 is 0. The summed E-state index contributed by atoms with van der Waals surface area (Å²) >= 11 is 0. The maximum absolute atomic E-state index is 16.4. The Bertz CT molecular complexity index is 3040. The largest absolute Gasteiger partial charge is 0.310 e. The molecule has 0 spiro atoms. The van der Waals surface area contributed by atoms with Crippen LogP contribution < -0.4 is 19.6 Å². The third kappa shape index (κ3) is 10.6. The summed E-state index contributed by atoms with van der Waals surface area (Å²) in [6, 6.07) is 81.4. The third-order valence-corrected chi connectivity index (χ3v) is 13.4. The van der Waals surface area contributed by atoms with Gasteiger partial charge in [-0.2, -0.15) is 0 Å². The van der Waals surface area contributed by atoms with Crippen LogP contribution in [0.5, 0.6) is 0 Å². The van der Waals surface area contributed by atoms with Crippen LogP contribution in [0.15, 0.2) is 231 Å². The van der Waals surface area contributed by atoms with Crippen LogP contribution in [0.4, 0.5) is 68.2 Å². The average Bonchev–Trinajstić information content (AvgIpc) is 3.37. The standard InChI is InChI=1S/C69H62N4O/c1-47-17-9-25-57(33-47)70(58-26-10-18-48(2)34-58)65-41-55(42-66(45-65)71(59-27-11-19-49(3)35-59)60-28-12-20-50(4)36-60)69(74)56-43-67(72(61-29-13-21-51(5)37-61)62-30-14-22-52(6)38-62)46-68(44-56)73(63-31-15-23-53(7)39-63)64-32-16-24-54(8)40-64/h9-46H,1-8H3. The van der Waals surface area contributed by atoms with Crippen LogP contribution in [0.25, 0.3) is 0 Å². The van der Waals surface area contributed by atoms with Crippen molar-refractivity contribution < 1.29 is 4.79 Å². The first-order chi connectivity index (χ1) is 35.8. The molecule has 0 bridgehead atoms. The lowest BCUT2D eigenvalue weighted by atomic mass is 9.98. The van der Waals surface area contributed by atoms with Gasteiger partial charge in [-0.15, -0.1) is 0 Å². The molecule has 10 aromatic rings. The molecule has 0 amide bonds. The maximum Gasteiger partial charge on any atom is 0.193 e. The van der Waals surface area contributed by atoms with Crippen LogP contribution in [0.1, 0.15) is 60.4 Å². The van der Waals surface area contributed by atoms with Crippen molar-refractivity contribution in [1.29, 1.82) is 0 Å². The van der Waals surface area contributed by atoms with Crippen molar-refractivity contribution in [3.8, 4) is 0 Å². The van der Waals surface area contributed by atoms with Gasteiger partial charge in [0.15, 0.2) is 5.78 Å². The van der Waals surface area contributed by atoms with Crippen LogP contribution >= 0.6 is 0 Å². The summed E-state index contributed by atoms with van der Waals surface area (Å²) in [4.78, 5) is 25.5. The van der Waals surface area contributed by atoms with E-state index >= 15 is 4.79 Å². The van der Waals surface area contributed by atoms with E-state index in [0.29, 0.717) is 11.1 Å². The number of nitrogens with zero attached hydrogens (tertiary/aromatic N) is 4. The highest BCUT2D eigenvalue weighted by Gasteiger charge is 2.25. The molecule has 0 fully saturated rings. The van der Waals surface area contributed by atoms with E-state index < -0.39 is 0 Å². The van der Waals surface area contributed by atoms with Crippen molar-refractivity contribution in [3.05, 3.63) is 286 Å². The second-order valence-corrected chi connectivity index (χ2v) is 19.9. The monoisotopic (exact) mass is 962 g/mol. The highest BCUT2D eigenvalue weighted by molar-refractivity contribution is 6.12. The van der Waals surface area contributed by atoms with E-state index in [9.17, 15) is 0 Å². The number of anilines is 12. The first-order valence-electron chi connectivity index (χ1n) is 25.4. The molecular formula is C69H62N4O. The Hall–Kier alpha value is -8.93. The second kappa shape index (κ2) is 21.0. The fourth-order valence-corrected chi connectivity index (χ4v) is 10.1. The normalized spacial score (nSPS) is 11.0. The minimum atomic E-state index is -0.111. The van der Waals surface area contributed by atoms with Crippen molar-refractivity contribution >= 4 is 74.0 Å². The van der Waals surface area contributed by atoms with Crippen molar-refractivity contribution in [2.75, 3.05) is 19.6 Å². The van der Waals surface area contributed by atoms with E-state index in [-0.39, 0.29) is 5.78 Å². The molecule has 0 aliphatic carbocycles. The Labute approximate surface area is 437 Å². The number of rotatable bonds is 14. The molecule has 5 nitrogen and oxygen atoms in total. The lowest BCUT2D eigenvalue weighted by Crippen LogP contribution is -2.17. The van der Waals surface area contributed by atoms with E-state index in [1.807, 2.05) is 0 Å². The van der Waals surface area contributed by atoms with Crippen molar-refractivity contribution in [2.45, 2.75) is 55.4 Å². The molecule has 0 aromatic heterocycles. The van der Waals surface area contributed by atoms with Gasteiger partial charge in [-0.1, -0.05) is 97.1 Å². The van der Waals surface area contributed by atoms with Gasteiger partial charge in [0.1, 0.15) is 0 Å². The average molecular weight is 963 g/mol. The molecule has 10 rings (SSSR count). The van der Waals surface area contributed by atoms with Gasteiger partial charge in [0, 0.05) is 79.4 Å². The summed E-state index contributed by atoms with van der Waals surface area (Å²) in [5, 5.41) is 0. The Morgan fingerprint density at radius 1 is 0.216 bits per heavy atom. The molecule has 0 radical (unpaired) electrons. The highest BCUT2D eigenvalue weighted by atomic mass is 16.1. The Morgan fingerprint density at radius 3 is 0.527 bits per heavy atom. The predicted molar refractivity (Wildman–Crippen MR) is 313 cm³/mol. The van der Waals surface area contributed by atoms with Gasteiger partial charge in [0.25, 0.3) is 0 Å². The van der Waals surface area contributed by atoms with Crippen molar-refractivity contribution in [2.24, 2.45) is 0 Å². The third-order valence-electron chi connectivity index (χ3n) is 13.4. The molecule has 0 aliphatic heterocycles. The molecule has 0 saturated heterocycles. The summed E-state index contributed by atoms with van der Waals surface area (Å²) in [7, 11) is 0. The number of ketones is 1. The predicted octanol–water partition coefficient (Wildman–Crippen LogP) is 19.3. The van der Waals surface area contributed by atoms with E-state index in [2.05, 4.69) is 306 Å². The zero-order valence-electron chi connectivity index (χ0n) is 43.6. The number of carbonyl (C=O) groups excluding carboxylic acids is 1. The van der Waals surface area contributed by atoms with Gasteiger partial charge in [0.2, 0.25) is 0 Å². The molecule has 0 saturated carbocycles. The van der Waals surface area contributed by atoms with E-state index in [4.69, 9.17) is 0 Å². The summed E-state index contributed by atoms with van der Waals surface area (Å²) in [5.41, 5.74) is 21.5. The Morgan fingerprint density at radius 2 is 0.378 bits per heavy atom. The number of aryl methyl sites for hydroxylation is 8. The van der Waals surface area contributed by atoms with Crippen LogP contribution in [0, 0.1) is 55.4 Å². The van der Waals surface area contributed by atoms with Crippen LogP contribution in [-0.2, 0) is 0 Å². The Kier molecular flexibility index (Phi) is 13.8. The van der Waals surface area contributed by atoms with E-state index in [0.717, 1.165) is 113 Å². The summed E-state index contributed by atoms with van der Waals surface area (Å²) in [6.07, 6.45) is 0. The molecular weight excluding hydrogens is 901 g/mol. The SMILES string of the molecule is Cc1cccc(N(c2cccc(C)c2)c2cc(C(=O)c3cc(N(c4cccc(C)c4)c4cccc(C)c4)cc(N(c4cccc(C)c4)c4cccc(C)c4)c3)cc(N(c3cccc(C)c3)c3cccc(C)c3)c2)c1. The van der Waals surface area contributed by atoms with Crippen molar-refractivity contribution in [3.63, 3.8) is 0 Å². The molecule has 0 N–H and O–H groups in total. The van der Waals surface area contributed by atoms with Crippen LogP contribution in [-0.4, -0.2) is 5.78 Å². The number of carbonyl (C=O) groups is 1. The van der Waals surface area contributed by atoms with E-state index in [1.165, 1.54) is 0 Å². The fourth-order valence-electron chi connectivity index (χ4n) is 10.1. The molecule has 0 unspecified atom stereocenters. The fraction of sp³-hybridized carbons (Fsp3) is 0.116. The number of hydrogen-bond acceptors (Lipinski definition) is 5. The molecule has 0 heterocycles. The highest BCUT2D eigenvalue weighted by Crippen LogP contribution is 2.45. The molecule has 10 aromatic carbocycles. The van der Waals surface area contributed by atoms with Crippen LogP contribution in [0.3, 0.4) is 0 Å². The first-order valence-corrected chi connectivity index (χ1v) is 25.4. The lowest BCUT2D eigenvalue weighted by Gasteiger charge is -2.31. The minimum absolute atomic E-state index is 0.111. The molecule has 74 heavy (non-hydrogen) atoms. The van der Waals surface area contributed by atoms with Crippen molar-refractivity contribution in [1.82, 2.24) is 0 Å². The number of hydrogen-bond donors (Lipinski definition) is 0. The first kappa shape index (κ1) is 48.7. The topological polar surface area (TPSA) is 30.0 Å². The quantitative estimate of drug-likeness (QED) is 0.101. The smallest absolute Gasteiger partial charge is 0.193 e. The maximum atomic E-state index is 16.4. The van der Waals surface area contributed by atoms with Gasteiger partial charge in [-0.3, -0.25) is 4.79 Å².